The molecular weight excluding hydrogens is 332 g/mol. The van der Waals surface area contributed by atoms with Crippen molar-refractivity contribution >= 4 is 51.9 Å². The SMILES string of the molecule is CC[Si](Br)(Br)c1cccc2ccccc12. The lowest BCUT2D eigenvalue weighted by molar-refractivity contribution is 1.45. The lowest BCUT2D eigenvalue weighted by Crippen LogP contribution is -2.34. The monoisotopic (exact) mass is 342 g/mol. The molecule has 0 bridgehead atoms. The molecule has 0 aliphatic carbocycles. The lowest BCUT2D eigenvalue weighted by Gasteiger charge is -2.18. The molecule has 0 atom stereocenters. The summed E-state index contributed by atoms with van der Waals surface area (Å²) in [6.07, 6.45) is 0. The van der Waals surface area contributed by atoms with Crippen LogP contribution in [0.2, 0.25) is 6.04 Å². The number of fused-ring (bicyclic) bond motifs is 1. The van der Waals surface area contributed by atoms with E-state index in [1.165, 1.54) is 16.0 Å². The average Bonchev–Trinajstić information content (AvgIpc) is 2.28. The highest BCUT2D eigenvalue weighted by molar-refractivity contribution is 9.51. The zero-order valence-corrected chi connectivity index (χ0v) is 12.7. The van der Waals surface area contributed by atoms with E-state index in [-0.39, 0.29) is 0 Å². The Balaban J connectivity index is 2.71. The predicted molar refractivity (Wildman–Crippen MR) is 77.7 cm³/mol. The normalized spacial score (nSPS) is 11.9. The summed E-state index contributed by atoms with van der Waals surface area (Å²) in [4.78, 5) is 0. The van der Waals surface area contributed by atoms with Gasteiger partial charge in [0.15, 0.2) is 0 Å². The van der Waals surface area contributed by atoms with Crippen molar-refractivity contribution in [1.29, 1.82) is 0 Å². The van der Waals surface area contributed by atoms with Crippen molar-refractivity contribution in [1.82, 2.24) is 0 Å². The highest BCUT2D eigenvalue weighted by Gasteiger charge is 2.28. The maximum absolute atomic E-state index is 3.87. The first-order chi connectivity index (χ1) is 7.15. The minimum absolute atomic E-state index is 1.14. The molecule has 2 aromatic rings. The fraction of sp³-hybridized carbons (Fsp3) is 0.167. The molecule has 0 radical (unpaired) electrons. The molecule has 0 heterocycles. The molecule has 0 fully saturated rings. The van der Waals surface area contributed by atoms with Gasteiger partial charge < -0.3 is 0 Å². The van der Waals surface area contributed by atoms with Gasteiger partial charge in [-0.05, 0) is 22.0 Å². The van der Waals surface area contributed by atoms with Crippen LogP contribution < -0.4 is 5.19 Å². The molecule has 0 unspecified atom stereocenters. The summed E-state index contributed by atoms with van der Waals surface area (Å²) >= 11 is 7.73. The summed E-state index contributed by atoms with van der Waals surface area (Å²) < 4.78 is 0. The predicted octanol–water partition coefficient (Wildman–Crippen LogP) is 4.30. The van der Waals surface area contributed by atoms with Gasteiger partial charge in [-0.1, -0.05) is 49.4 Å². The zero-order chi connectivity index (χ0) is 10.9. The summed E-state index contributed by atoms with van der Waals surface area (Å²) in [6, 6.07) is 16.2. The fourth-order valence-electron chi connectivity index (χ4n) is 1.73. The summed E-state index contributed by atoms with van der Waals surface area (Å²) in [5.74, 6) is 0. The van der Waals surface area contributed by atoms with E-state index in [4.69, 9.17) is 0 Å². The first kappa shape index (κ1) is 11.4. The molecule has 78 valence electrons. The van der Waals surface area contributed by atoms with E-state index in [0.717, 1.165) is 6.04 Å². The number of halogens is 2. The first-order valence-corrected chi connectivity index (χ1v) is 11.7. The smallest absolute Gasteiger partial charge is 0.105 e. The molecule has 0 saturated heterocycles. The van der Waals surface area contributed by atoms with Gasteiger partial charge in [0.05, 0.1) is 0 Å². The van der Waals surface area contributed by atoms with E-state index in [0.29, 0.717) is 0 Å². The van der Waals surface area contributed by atoms with Crippen LogP contribution in [0, 0.1) is 0 Å². The molecule has 2 rings (SSSR count). The average molecular weight is 344 g/mol. The van der Waals surface area contributed by atoms with Crippen LogP contribution in [0.3, 0.4) is 0 Å². The molecule has 3 heteroatoms. The summed E-state index contributed by atoms with van der Waals surface area (Å²) in [5, 5.41) is 2.52. The summed E-state index contributed by atoms with van der Waals surface area (Å²) in [5.41, 5.74) is 0. The lowest BCUT2D eigenvalue weighted by atomic mass is 10.1. The Morgan fingerprint density at radius 1 is 1.00 bits per heavy atom. The Labute approximate surface area is 107 Å². The van der Waals surface area contributed by atoms with E-state index in [1.807, 2.05) is 0 Å². The van der Waals surface area contributed by atoms with Gasteiger partial charge in [0.1, 0.15) is 0 Å². The number of hydrogen-bond acceptors (Lipinski definition) is 0. The van der Waals surface area contributed by atoms with Crippen LogP contribution in [-0.2, 0) is 0 Å². The molecule has 0 spiro atoms. The third-order valence-corrected chi connectivity index (χ3v) is 10.7. The molecule has 0 nitrogen and oxygen atoms in total. The van der Waals surface area contributed by atoms with Crippen LogP contribution in [0.15, 0.2) is 42.5 Å². The molecule has 0 aliphatic heterocycles. The number of hydrogen-bond donors (Lipinski definition) is 0. The van der Waals surface area contributed by atoms with Gasteiger partial charge in [-0.15, -0.1) is 30.6 Å². The zero-order valence-electron chi connectivity index (χ0n) is 8.50. The van der Waals surface area contributed by atoms with Crippen molar-refractivity contribution < 1.29 is 0 Å². The van der Waals surface area contributed by atoms with Gasteiger partial charge in [0.25, 0.3) is 0 Å². The van der Waals surface area contributed by atoms with E-state index in [1.54, 1.807) is 0 Å². The van der Waals surface area contributed by atoms with Crippen LogP contribution in [0.25, 0.3) is 10.8 Å². The second-order valence-electron chi connectivity index (χ2n) is 3.58. The second-order valence-corrected chi connectivity index (χ2v) is 17.6. The number of benzene rings is 2. The van der Waals surface area contributed by atoms with Gasteiger partial charge in [0, 0.05) is 0 Å². The van der Waals surface area contributed by atoms with E-state index in [9.17, 15) is 0 Å². The quantitative estimate of drug-likeness (QED) is 0.563. The summed E-state index contributed by atoms with van der Waals surface area (Å²) in [7, 11) is 0. The third kappa shape index (κ3) is 2.19. The topological polar surface area (TPSA) is 0 Å². The van der Waals surface area contributed by atoms with Gasteiger partial charge in [-0.3, -0.25) is 0 Å². The minimum Gasteiger partial charge on any atom is -0.105 e. The van der Waals surface area contributed by atoms with Crippen molar-refractivity contribution in [2.24, 2.45) is 0 Å². The van der Waals surface area contributed by atoms with Crippen molar-refractivity contribution in [3.63, 3.8) is 0 Å². The van der Waals surface area contributed by atoms with Gasteiger partial charge >= 0.3 is 0 Å². The van der Waals surface area contributed by atoms with Crippen LogP contribution in [0.4, 0.5) is 0 Å². The van der Waals surface area contributed by atoms with Crippen LogP contribution in [0.5, 0.6) is 0 Å². The maximum atomic E-state index is 3.87. The Bertz CT molecular complexity index is 475. The van der Waals surface area contributed by atoms with E-state index < -0.39 is 5.31 Å². The molecule has 0 amide bonds. The number of rotatable bonds is 2. The summed E-state index contributed by atoms with van der Waals surface area (Å²) in [6.45, 7) is 2.22. The van der Waals surface area contributed by atoms with Gasteiger partial charge in [-0.2, -0.15) is 0 Å². The molecule has 0 N–H and O–H groups in total. The maximum Gasteiger partial charge on any atom is 0.230 e. The van der Waals surface area contributed by atoms with Gasteiger partial charge in [-0.25, -0.2) is 0 Å². The Morgan fingerprint density at radius 3 is 2.40 bits per heavy atom. The van der Waals surface area contributed by atoms with Crippen molar-refractivity contribution in [2.45, 2.75) is 13.0 Å². The van der Waals surface area contributed by atoms with Crippen molar-refractivity contribution in [3.8, 4) is 0 Å². The molecular formula is C12H12Br2Si. The van der Waals surface area contributed by atoms with Crippen molar-refractivity contribution in [2.75, 3.05) is 0 Å². The van der Waals surface area contributed by atoms with E-state index in [2.05, 4.69) is 80.0 Å². The van der Waals surface area contributed by atoms with Crippen LogP contribution >= 0.6 is 30.6 Å². The third-order valence-electron chi connectivity index (χ3n) is 2.63. The van der Waals surface area contributed by atoms with Crippen LogP contribution in [-0.4, -0.2) is 5.31 Å². The highest BCUT2D eigenvalue weighted by Crippen LogP contribution is 2.27. The first-order valence-electron chi connectivity index (χ1n) is 5.01. The molecule has 0 saturated carbocycles. The van der Waals surface area contributed by atoms with Gasteiger partial charge in [0.2, 0.25) is 5.31 Å². The van der Waals surface area contributed by atoms with E-state index >= 15 is 0 Å². The largest absolute Gasteiger partial charge is 0.230 e. The second kappa shape index (κ2) is 4.40. The highest BCUT2D eigenvalue weighted by atomic mass is 79.9. The van der Waals surface area contributed by atoms with Crippen LogP contribution in [0.1, 0.15) is 6.92 Å². The Hall–Kier alpha value is -0.123. The fourth-order valence-corrected chi connectivity index (χ4v) is 5.15. The molecule has 0 aromatic heterocycles. The Morgan fingerprint density at radius 2 is 1.67 bits per heavy atom. The minimum atomic E-state index is -1.59. The van der Waals surface area contributed by atoms with Crippen molar-refractivity contribution in [3.05, 3.63) is 42.5 Å². The molecule has 2 aromatic carbocycles. The molecule has 15 heavy (non-hydrogen) atoms. The Kier molecular flexibility index (Phi) is 3.33. The molecule has 0 aliphatic rings. The standard InChI is InChI=1S/C12H12Br2Si/c1-2-15(13,14)12-9-5-7-10-6-3-4-8-11(10)12/h3-9H,2H2,1H3.